The van der Waals surface area contributed by atoms with E-state index in [4.69, 9.17) is 23.7 Å². The predicted octanol–water partition coefficient (Wildman–Crippen LogP) is -0.649. The molecule has 8 atom stereocenters. The van der Waals surface area contributed by atoms with Crippen LogP contribution in [-0.2, 0) is 14.2 Å². The Balaban J connectivity index is 1.36. The molecule has 5 rings (SSSR count). The lowest BCUT2D eigenvalue weighted by molar-refractivity contribution is -0.289. The fourth-order valence-corrected chi connectivity index (χ4v) is 4.80. The fourth-order valence-electron chi connectivity index (χ4n) is 4.80. The van der Waals surface area contributed by atoms with E-state index >= 15 is 0 Å². The maximum atomic E-state index is 10.5. The summed E-state index contributed by atoms with van der Waals surface area (Å²) in [5.74, 6) is 0.693. The van der Waals surface area contributed by atoms with E-state index in [9.17, 15) is 35.7 Å². The van der Waals surface area contributed by atoms with Crippen molar-refractivity contribution >= 4 is 21.5 Å². The average Bonchev–Trinajstić information content (AvgIpc) is 3.21. The summed E-state index contributed by atoms with van der Waals surface area (Å²) in [6, 6.07) is 12.0. The molecule has 3 aromatic carbocycles. The smallest absolute Gasteiger partial charge is 0.229 e. The monoisotopic (exact) mass is 534 g/mol. The molecular formula is C26H30O12. The van der Waals surface area contributed by atoms with Gasteiger partial charge in [-0.3, -0.25) is 0 Å². The van der Waals surface area contributed by atoms with Crippen molar-refractivity contribution in [2.45, 2.75) is 48.7 Å². The lowest BCUT2D eigenvalue weighted by atomic mass is 9.98. The van der Waals surface area contributed by atoms with Gasteiger partial charge in [0.1, 0.15) is 53.4 Å². The van der Waals surface area contributed by atoms with E-state index in [0.717, 1.165) is 5.39 Å². The highest BCUT2D eigenvalue weighted by Gasteiger charge is 2.50. The number of benzene rings is 3. The van der Waals surface area contributed by atoms with Crippen LogP contribution in [0.4, 0.5) is 0 Å². The molecule has 206 valence electrons. The number of ether oxygens (including phenoxy) is 5. The van der Waals surface area contributed by atoms with Gasteiger partial charge in [-0.1, -0.05) is 24.3 Å². The van der Waals surface area contributed by atoms with Crippen molar-refractivity contribution in [3.05, 3.63) is 42.5 Å². The second-order valence-electron chi connectivity index (χ2n) is 9.52. The third-order valence-corrected chi connectivity index (χ3v) is 7.02. The van der Waals surface area contributed by atoms with Gasteiger partial charge in [0.05, 0.1) is 26.9 Å². The summed E-state index contributed by atoms with van der Waals surface area (Å²) >= 11 is 0. The number of aliphatic hydroxyl groups is 6. The topological polar surface area (TPSA) is 188 Å². The number of phenolic OH excluding ortho intramolecular Hbond substituents is 1. The summed E-state index contributed by atoms with van der Waals surface area (Å²) in [6.45, 7) is -1.52. The Morgan fingerprint density at radius 1 is 0.947 bits per heavy atom. The van der Waals surface area contributed by atoms with Gasteiger partial charge in [0.25, 0.3) is 0 Å². The SMILES string of the molecule is COc1cc(O[C@@H]2O[C@H](CO[C@@H]3OC[C@@](O)(CO)[C@H]3O)[C@@H](O)[C@H](O)[C@H]2O)cc2ccc3cccc(O)c3c12. The van der Waals surface area contributed by atoms with E-state index in [-0.39, 0.29) is 18.1 Å². The molecule has 2 fully saturated rings. The van der Waals surface area contributed by atoms with E-state index in [1.165, 1.54) is 7.11 Å². The first-order valence-electron chi connectivity index (χ1n) is 12.0. The zero-order valence-electron chi connectivity index (χ0n) is 20.4. The molecule has 0 unspecified atom stereocenters. The van der Waals surface area contributed by atoms with Crippen molar-refractivity contribution in [2.24, 2.45) is 0 Å². The van der Waals surface area contributed by atoms with Gasteiger partial charge >= 0.3 is 0 Å². The molecular weight excluding hydrogens is 504 g/mol. The molecule has 0 bridgehead atoms. The van der Waals surface area contributed by atoms with Gasteiger partial charge in [-0.15, -0.1) is 0 Å². The summed E-state index contributed by atoms with van der Waals surface area (Å²) in [4.78, 5) is 0. The molecule has 38 heavy (non-hydrogen) atoms. The minimum absolute atomic E-state index is 0.0832. The van der Waals surface area contributed by atoms with Crippen LogP contribution < -0.4 is 9.47 Å². The zero-order chi connectivity index (χ0) is 27.2. The van der Waals surface area contributed by atoms with Gasteiger partial charge in [0.15, 0.2) is 6.29 Å². The number of hydrogen-bond acceptors (Lipinski definition) is 12. The molecule has 3 aromatic rings. The Bertz CT molecular complexity index is 1300. The van der Waals surface area contributed by atoms with E-state index < -0.39 is 61.9 Å². The van der Waals surface area contributed by atoms with Crippen LogP contribution >= 0.6 is 0 Å². The second-order valence-corrected chi connectivity index (χ2v) is 9.52. The molecule has 2 heterocycles. The summed E-state index contributed by atoms with van der Waals surface area (Å²) < 4.78 is 27.7. The molecule has 2 aliphatic heterocycles. The highest BCUT2D eigenvalue weighted by molar-refractivity contribution is 6.13. The van der Waals surface area contributed by atoms with E-state index in [1.54, 1.807) is 24.3 Å². The van der Waals surface area contributed by atoms with Gasteiger partial charge in [0, 0.05) is 16.8 Å². The van der Waals surface area contributed by atoms with Crippen molar-refractivity contribution in [3.8, 4) is 17.2 Å². The lowest BCUT2D eigenvalue weighted by Crippen LogP contribution is -2.60. The Labute approximate surface area is 216 Å². The van der Waals surface area contributed by atoms with Crippen LogP contribution in [0.2, 0.25) is 0 Å². The first-order chi connectivity index (χ1) is 18.2. The van der Waals surface area contributed by atoms with Crippen molar-refractivity contribution in [2.75, 3.05) is 26.9 Å². The molecule has 0 aliphatic carbocycles. The molecule has 12 nitrogen and oxygen atoms in total. The molecule has 12 heteroatoms. The quantitative estimate of drug-likeness (QED) is 0.190. The fraction of sp³-hybridized carbons (Fsp3) is 0.462. The molecule has 0 amide bonds. The van der Waals surface area contributed by atoms with Gasteiger partial charge in [-0.05, 0) is 22.9 Å². The minimum atomic E-state index is -1.89. The largest absolute Gasteiger partial charge is 0.507 e. The van der Waals surface area contributed by atoms with E-state index in [1.807, 2.05) is 18.2 Å². The minimum Gasteiger partial charge on any atom is -0.507 e. The number of aromatic hydroxyl groups is 1. The number of phenols is 1. The molecule has 2 saturated heterocycles. The molecule has 0 saturated carbocycles. The second kappa shape index (κ2) is 10.4. The van der Waals surface area contributed by atoms with Crippen molar-refractivity contribution < 1.29 is 59.4 Å². The summed E-state index contributed by atoms with van der Waals surface area (Å²) in [6.07, 6.45) is -10.4. The number of hydrogen-bond donors (Lipinski definition) is 7. The lowest BCUT2D eigenvalue weighted by Gasteiger charge is -2.40. The Morgan fingerprint density at radius 2 is 1.71 bits per heavy atom. The normalized spacial score (nSPS) is 33.6. The highest BCUT2D eigenvalue weighted by atomic mass is 16.7. The van der Waals surface area contributed by atoms with Crippen LogP contribution in [0.3, 0.4) is 0 Å². The van der Waals surface area contributed by atoms with Crippen LogP contribution in [0.15, 0.2) is 42.5 Å². The van der Waals surface area contributed by atoms with Crippen LogP contribution in [0.25, 0.3) is 21.5 Å². The average molecular weight is 535 g/mol. The Kier molecular flexibility index (Phi) is 7.35. The predicted molar refractivity (Wildman–Crippen MR) is 131 cm³/mol. The number of aliphatic hydroxyl groups excluding tert-OH is 5. The first kappa shape index (κ1) is 26.8. The first-order valence-corrected chi connectivity index (χ1v) is 12.0. The number of rotatable bonds is 7. The molecule has 7 N–H and O–H groups in total. The standard InChI is InChI=1S/C26H30O12/c1-34-16-8-14(7-13-6-5-12-3-2-4-15(28)18(12)19(13)16)37-24-22(31)21(30)20(29)17(38-24)9-35-25-23(32)26(33,10-27)11-36-25/h2-8,17,20-25,27-33H,9-11H2,1H3/t17-,20-,21+,22-,23+,24-,25-,26+/m1/s1. The third-order valence-electron chi connectivity index (χ3n) is 7.02. The maximum absolute atomic E-state index is 10.5. The molecule has 0 radical (unpaired) electrons. The van der Waals surface area contributed by atoms with E-state index in [2.05, 4.69) is 0 Å². The summed E-state index contributed by atoms with van der Waals surface area (Å²) in [5.41, 5.74) is -1.89. The zero-order valence-corrected chi connectivity index (χ0v) is 20.4. The maximum Gasteiger partial charge on any atom is 0.229 e. The summed E-state index contributed by atoms with van der Waals surface area (Å²) in [5, 5.41) is 74.1. The van der Waals surface area contributed by atoms with Crippen molar-refractivity contribution in [1.29, 1.82) is 0 Å². The Morgan fingerprint density at radius 3 is 2.42 bits per heavy atom. The van der Waals surface area contributed by atoms with Crippen LogP contribution in [-0.4, -0.2) is 111 Å². The molecule has 2 aliphatic rings. The van der Waals surface area contributed by atoms with Crippen LogP contribution in [0.1, 0.15) is 0 Å². The highest BCUT2D eigenvalue weighted by Crippen LogP contribution is 2.40. The van der Waals surface area contributed by atoms with Gasteiger partial charge in [0.2, 0.25) is 6.29 Å². The van der Waals surface area contributed by atoms with Gasteiger partial charge < -0.3 is 59.4 Å². The third kappa shape index (κ3) is 4.64. The number of fused-ring (bicyclic) bond motifs is 3. The van der Waals surface area contributed by atoms with Gasteiger partial charge in [-0.2, -0.15) is 0 Å². The van der Waals surface area contributed by atoms with Crippen molar-refractivity contribution in [1.82, 2.24) is 0 Å². The van der Waals surface area contributed by atoms with Crippen LogP contribution in [0, 0.1) is 0 Å². The van der Waals surface area contributed by atoms with Gasteiger partial charge in [-0.25, -0.2) is 0 Å². The van der Waals surface area contributed by atoms with E-state index in [0.29, 0.717) is 21.9 Å². The van der Waals surface area contributed by atoms with Crippen LogP contribution in [0.5, 0.6) is 17.2 Å². The molecule has 0 aromatic heterocycles. The number of methoxy groups -OCH3 is 1. The Hall–Kier alpha value is -2.78. The van der Waals surface area contributed by atoms with Crippen molar-refractivity contribution in [3.63, 3.8) is 0 Å². The molecule has 0 spiro atoms. The summed E-state index contributed by atoms with van der Waals surface area (Å²) in [7, 11) is 1.47.